The van der Waals surface area contributed by atoms with Crippen LogP contribution in [-0.4, -0.2) is 28.0 Å². The van der Waals surface area contributed by atoms with E-state index in [9.17, 15) is 14.7 Å². The second-order valence-corrected chi connectivity index (χ2v) is 5.34. The summed E-state index contributed by atoms with van der Waals surface area (Å²) in [5.74, 6) is -1.26. The summed E-state index contributed by atoms with van der Waals surface area (Å²) >= 11 is 5.85. The summed E-state index contributed by atoms with van der Waals surface area (Å²) in [6.45, 7) is 1.66. The maximum Gasteiger partial charge on any atom is 0.311 e. The smallest absolute Gasteiger partial charge is 0.311 e. The van der Waals surface area contributed by atoms with Gasteiger partial charge in [0.15, 0.2) is 0 Å². The Bertz CT molecular complexity index is 520. The first-order valence-electron chi connectivity index (χ1n) is 6.10. The predicted molar refractivity (Wildman–Crippen MR) is 70.1 cm³/mol. The van der Waals surface area contributed by atoms with E-state index < -0.39 is 11.4 Å². The molecule has 0 spiro atoms. The van der Waals surface area contributed by atoms with Gasteiger partial charge in [-0.15, -0.1) is 0 Å². The molecule has 2 atom stereocenters. The minimum Gasteiger partial charge on any atom is -0.481 e. The van der Waals surface area contributed by atoms with Gasteiger partial charge in [0.05, 0.1) is 11.0 Å². The van der Waals surface area contributed by atoms with E-state index in [-0.39, 0.29) is 22.7 Å². The van der Waals surface area contributed by atoms with E-state index in [2.05, 4.69) is 10.3 Å². The molecule has 1 saturated carbocycles. The molecule has 1 aromatic heterocycles. The standard InChI is InChI=1S/C13H15ClN2O3/c1-13(12(18)19)6-2-5-9(13)16-11(17)8-4-3-7-15-10(8)14/h3-4,7,9H,2,5-6H2,1H3,(H,16,17)(H,18,19). The molecule has 2 rings (SSSR count). The number of amides is 1. The van der Waals surface area contributed by atoms with Crippen molar-refractivity contribution in [3.63, 3.8) is 0 Å². The number of pyridine rings is 1. The molecule has 0 bridgehead atoms. The molecule has 1 aliphatic rings. The van der Waals surface area contributed by atoms with E-state index in [0.717, 1.165) is 6.42 Å². The molecule has 0 aliphatic heterocycles. The minimum atomic E-state index is -0.912. The average Bonchev–Trinajstić information content (AvgIpc) is 2.73. The van der Waals surface area contributed by atoms with Crippen molar-refractivity contribution in [1.82, 2.24) is 10.3 Å². The number of halogens is 1. The van der Waals surface area contributed by atoms with Gasteiger partial charge in [-0.1, -0.05) is 18.0 Å². The molecule has 1 aliphatic carbocycles. The summed E-state index contributed by atoms with van der Waals surface area (Å²) in [5, 5.41) is 12.2. The number of nitrogens with zero attached hydrogens (tertiary/aromatic N) is 1. The number of aromatic nitrogens is 1. The normalized spacial score (nSPS) is 26.1. The first-order chi connectivity index (χ1) is 8.95. The highest BCUT2D eigenvalue weighted by Crippen LogP contribution is 2.38. The molecule has 6 heteroatoms. The lowest BCUT2D eigenvalue weighted by atomic mass is 9.85. The molecule has 2 N–H and O–H groups in total. The number of aliphatic carboxylic acids is 1. The minimum absolute atomic E-state index is 0.120. The summed E-state index contributed by atoms with van der Waals surface area (Å²) in [7, 11) is 0. The number of hydrogen-bond acceptors (Lipinski definition) is 3. The lowest BCUT2D eigenvalue weighted by molar-refractivity contribution is -0.148. The van der Waals surface area contributed by atoms with Crippen LogP contribution in [0.25, 0.3) is 0 Å². The SMILES string of the molecule is CC1(C(=O)O)CCCC1NC(=O)c1cccnc1Cl. The summed E-state index contributed by atoms with van der Waals surface area (Å²) in [6.07, 6.45) is 3.50. The number of rotatable bonds is 3. The first-order valence-corrected chi connectivity index (χ1v) is 6.48. The fourth-order valence-electron chi connectivity index (χ4n) is 2.45. The molecule has 1 heterocycles. The second-order valence-electron chi connectivity index (χ2n) is 4.98. The number of carboxylic acid groups (broad SMARTS) is 1. The number of hydrogen-bond donors (Lipinski definition) is 2. The van der Waals surface area contributed by atoms with Gasteiger partial charge in [0.1, 0.15) is 5.15 Å². The molecule has 2 unspecified atom stereocenters. The van der Waals surface area contributed by atoms with Crippen molar-refractivity contribution in [3.05, 3.63) is 29.0 Å². The highest BCUT2D eigenvalue weighted by atomic mass is 35.5. The molecule has 102 valence electrons. The van der Waals surface area contributed by atoms with Crippen molar-refractivity contribution in [1.29, 1.82) is 0 Å². The van der Waals surface area contributed by atoms with Crippen LogP contribution in [0.1, 0.15) is 36.5 Å². The summed E-state index contributed by atoms with van der Waals surface area (Å²) in [4.78, 5) is 27.3. The average molecular weight is 283 g/mol. The van der Waals surface area contributed by atoms with Crippen molar-refractivity contribution in [2.45, 2.75) is 32.2 Å². The zero-order chi connectivity index (χ0) is 14.0. The van der Waals surface area contributed by atoms with Crippen molar-refractivity contribution in [2.24, 2.45) is 5.41 Å². The van der Waals surface area contributed by atoms with E-state index in [4.69, 9.17) is 11.6 Å². The van der Waals surface area contributed by atoms with Gasteiger partial charge in [0.25, 0.3) is 5.91 Å². The van der Waals surface area contributed by atoms with Gasteiger partial charge >= 0.3 is 5.97 Å². The third-order valence-electron chi connectivity index (χ3n) is 3.76. The number of carbonyl (C=O) groups is 2. The second kappa shape index (κ2) is 5.17. The molecular weight excluding hydrogens is 268 g/mol. The topological polar surface area (TPSA) is 79.3 Å². The number of carboxylic acids is 1. The van der Waals surface area contributed by atoms with Gasteiger partial charge in [-0.2, -0.15) is 0 Å². The lowest BCUT2D eigenvalue weighted by Crippen LogP contribution is -2.47. The van der Waals surface area contributed by atoms with Crippen LogP contribution in [-0.2, 0) is 4.79 Å². The van der Waals surface area contributed by atoms with E-state index in [1.165, 1.54) is 6.20 Å². The van der Waals surface area contributed by atoms with Crippen LogP contribution >= 0.6 is 11.6 Å². The van der Waals surface area contributed by atoms with E-state index in [1.807, 2.05) is 0 Å². The quantitative estimate of drug-likeness (QED) is 0.832. The van der Waals surface area contributed by atoms with Crippen molar-refractivity contribution in [2.75, 3.05) is 0 Å². The monoisotopic (exact) mass is 282 g/mol. The third kappa shape index (κ3) is 2.56. The van der Waals surface area contributed by atoms with E-state index in [0.29, 0.717) is 12.8 Å². The largest absolute Gasteiger partial charge is 0.481 e. The Labute approximate surface area is 116 Å². The molecule has 1 aromatic rings. The van der Waals surface area contributed by atoms with Gasteiger partial charge < -0.3 is 10.4 Å². The Hall–Kier alpha value is -1.62. The third-order valence-corrected chi connectivity index (χ3v) is 4.06. The van der Waals surface area contributed by atoms with Crippen molar-refractivity contribution in [3.8, 4) is 0 Å². The molecule has 1 fully saturated rings. The molecule has 19 heavy (non-hydrogen) atoms. The van der Waals surface area contributed by atoms with Crippen molar-refractivity contribution >= 4 is 23.5 Å². The van der Waals surface area contributed by atoms with Crippen LogP contribution in [0.2, 0.25) is 5.15 Å². The number of nitrogens with one attached hydrogen (secondary N) is 1. The highest BCUT2D eigenvalue weighted by Gasteiger charge is 2.46. The molecular formula is C13H15ClN2O3. The van der Waals surface area contributed by atoms with Crippen LogP contribution in [0.3, 0.4) is 0 Å². The molecule has 0 radical (unpaired) electrons. The fourth-order valence-corrected chi connectivity index (χ4v) is 2.65. The highest BCUT2D eigenvalue weighted by molar-refractivity contribution is 6.32. The summed E-state index contributed by atoms with van der Waals surface area (Å²) in [6, 6.07) is 2.80. The van der Waals surface area contributed by atoms with Crippen LogP contribution < -0.4 is 5.32 Å². The Morgan fingerprint density at radius 1 is 1.58 bits per heavy atom. The Balaban J connectivity index is 2.16. The van der Waals surface area contributed by atoms with Gasteiger partial charge in [-0.25, -0.2) is 4.98 Å². The molecule has 0 saturated heterocycles. The lowest BCUT2D eigenvalue weighted by Gasteiger charge is -2.27. The summed E-state index contributed by atoms with van der Waals surface area (Å²) in [5.41, 5.74) is -0.645. The Morgan fingerprint density at radius 2 is 2.32 bits per heavy atom. The van der Waals surface area contributed by atoms with Gasteiger partial charge in [-0.3, -0.25) is 9.59 Å². The van der Waals surface area contributed by atoms with Crippen molar-refractivity contribution < 1.29 is 14.7 Å². The number of carbonyl (C=O) groups excluding carboxylic acids is 1. The first kappa shape index (κ1) is 13.8. The van der Waals surface area contributed by atoms with Gasteiger partial charge in [0, 0.05) is 12.2 Å². The maximum absolute atomic E-state index is 12.1. The van der Waals surface area contributed by atoms with Gasteiger partial charge in [-0.05, 0) is 31.9 Å². The van der Waals surface area contributed by atoms with Crippen LogP contribution in [0.5, 0.6) is 0 Å². The molecule has 1 amide bonds. The van der Waals surface area contributed by atoms with E-state index in [1.54, 1.807) is 19.1 Å². The molecule has 0 aromatic carbocycles. The predicted octanol–water partition coefficient (Wildman–Crippen LogP) is 2.11. The fraction of sp³-hybridized carbons (Fsp3) is 0.462. The van der Waals surface area contributed by atoms with Crippen LogP contribution in [0, 0.1) is 5.41 Å². The maximum atomic E-state index is 12.1. The molecule has 5 nitrogen and oxygen atoms in total. The van der Waals surface area contributed by atoms with Gasteiger partial charge in [0.2, 0.25) is 0 Å². The Morgan fingerprint density at radius 3 is 2.95 bits per heavy atom. The van der Waals surface area contributed by atoms with Crippen LogP contribution in [0.4, 0.5) is 0 Å². The van der Waals surface area contributed by atoms with Crippen LogP contribution in [0.15, 0.2) is 18.3 Å². The zero-order valence-electron chi connectivity index (χ0n) is 10.5. The summed E-state index contributed by atoms with van der Waals surface area (Å²) < 4.78 is 0. The van der Waals surface area contributed by atoms with E-state index >= 15 is 0 Å². The zero-order valence-corrected chi connectivity index (χ0v) is 11.3. The Kier molecular flexibility index (Phi) is 3.75.